The first kappa shape index (κ1) is 13.1. The number of hydrogen-bond acceptors (Lipinski definition) is 4. The van der Waals surface area contributed by atoms with Gasteiger partial charge in [-0.05, 0) is 31.5 Å². The molecule has 16 heavy (non-hydrogen) atoms. The van der Waals surface area contributed by atoms with Crippen LogP contribution in [0, 0.1) is 0 Å². The summed E-state index contributed by atoms with van der Waals surface area (Å²) in [5, 5.41) is -0.189. The van der Waals surface area contributed by atoms with E-state index < -0.39 is 0 Å². The number of carbonyl (C=O) groups excluding carboxylic acids is 1. The van der Waals surface area contributed by atoms with E-state index in [0.29, 0.717) is 0 Å². The second kappa shape index (κ2) is 5.92. The number of carbonyl (C=O) groups is 1. The average molecular weight is 239 g/mol. The Morgan fingerprint density at radius 3 is 2.31 bits per heavy atom. The normalized spacial score (nSPS) is 14.2. The summed E-state index contributed by atoms with van der Waals surface area (Å²) in [5.41, 5.74) is 6.85. The molecule has 0 radical (unpaired) electrons. The second-order valence-electron chi connectivity index (χ2n) is 3.64. The first-order chi connectivity index (χ1) is 7.54. The lowest BCUT2D eigenvalue weighted by molar-refractivity contribution is -0.139. The third-order valence-electron chi connectivity index (χ3n) is 2.25. The van der Waals surface area contributed by atoms with Gasteiger partial charge in [-0.1, -0.05) is 12.1 Å². The van der Waals surface area contributed by atoms with E-state index in [1.54, 1.807) is 0 Å². The molecule has 0 bridgehead atoms. The van der Waals surface area contributed by atoms with Gasteiger partial charge in [0.05, 0.1) is 7.11 Å². The summed E-state index contributed by atoms with van der Waals surface area (Å²) in [6.07, 6.45) is 0. The topological polar surface area (TPSA) is 52.3 Å². The molecule has 0 saturated heterocycles. The molecular formula is C12H17NO2S. The first-order valence-electron chi connectivity index (χ1n) is 5.14. The largest absolute Gasteiger partial charge is 0.468 e. The fraction of sp³-hybridized carbons (Fsp3) is 0.417. The first-order valence-corrected chi connectivity index (χ1v) is 6.02. The van der Waals surface area contributed by atoms with E-state index in [1.807, 2.05) is 38.1 Å². The van der Waals surface area contributed by atoms with Crippen LogP contribution in [0.15, 0.2) is 29.2 Å². The number of benzene rings is 1. The fourth-order valence-electron chi connectivity index (χ4n) is 1.27. The monoisotopic (exact) mass is 239 g/mol. The number of esters is 1. The van der Waals surface area contributed by atoms with Gasteiger partial charge in [-0.3, -0.25) is 4.79 Å². The molecule has 0 amide bonds. The van der Waals surface area contributed by atoms with Crippen molar-refractivity contribution in [3.05, 3.63) is 29.8 Å². The van der Waals surface area contributed by atoms with E-state index in [1.165, 1.54) is 18.9 Å². The maximum absolute atomic E-state index is 11.2. The zero-order valence-corrected chi connectivity index (χ0v) is 10.6. The predicted octanol–water partition coefficient (Wildman–Crippen LogP) is 2.36. The number of hydrogen-bond donors (Lipinski definition) is 1. The standard InChI is InChI=1S/C12H17NO2S/c1-8(13)10-4-6-11(7-5-10)16-9(2)12(14)15-3/h4-9H,13H2,1-3H3. The Labute approximate surface area is 100 Å². The van der Waals surface area contributed by atoms with E-state index in [-0.39, 0.29) is 17.3 Å². The van der Waals surface area contributed by atoms with Gasteiger partial charge in [0.15, 0.2) is 0 Å². The van der Waals surface area contributed by atoms with Crippen molar-refractivity contribution in [1.29, 1.82) is 0 Å². The molecule has 0 heterocycles. The van der Waals surface area contributed by atoms with Crippen molar-refractivity contribution < 1.29 is 9.53 Å². The highest BCUT2D eigenvalue weighted by Gasteiger charge is 2.14. The van der Waals surface area contributed by atoms with Gasteiger partial charge < -0.3 is 10.5 Å². The number of methoxy groups -OCH3 is 1. The molecule has 0 aliphatic heterocycles. The summed E-state index contributed by atoms with van der Waals surface area (Å²) in [6.45, 7) is 3.77. The summed E-state index contributed by atoms with van der Waals surface area (Å²) in [4.78, 5) is 12.3. The van der Waals surface area contributed by atoms with Crippen LogP contribution >= 0.6 is 11.8 Å². The number of ether oxygens (including phenoxy) is 1. The van der Waals surface area contributed by atoms with Crippen molar-refractivity contribution in [3.8, 4) is 0 Å². The maximum atomic E-state index is 11.2. The van der Waals surface area contributed by atoms with Gasteiger partial charge in [0.25, 0.3) is 0 Å². The van der Waals surface area contributed by atoms with Crippen LogP contribution in [-0.4, -0.2) is 18.3 Å². The van der Waals surface area contributed by atoms with Crippen molar-refractivity contribution >= 4 is 17.7 Å². The van der Waals surface area contributed by atoms with Gasteiger partial charge in [0, 0.05) is 10.9 Å². The average Bonchev–Trinajstić information content (AvgIpc) is 2.28. The van der Waals surface area contributed by atoms with Crippen LogP contribution in [0.5, 0.6) is 0 Å². The molecule has 2 unspecified atom stereocenters. The molecule has 4 heteroatoms. The van der Waals surface area contributed by atoms with Crippen molar-refractivity contribution in [1.82, 2.24) is 0 Å². The summed E-state index contributed by atoms with van der Waals surface area (Å²) in [5.74, 6) is -0.207. The summed E-state index contributed by atoms with van der Waals surface area (Å²) in [6, 6.07) is 7.96. The Morgan fingerprint density at radius 1 is 1.31 bits per heavy atom. The Balaban J connectivity index is 2.65. The van der Waals surface area contributed by atoms with Gasteiger partial charge >= 0.3 is 5.97 Å². The molecule has 0 spiro atoms. The molecule has 0 fully saturated rings. The zero-order chi connectivity index (χ0) is 12.1. The van der Waals surface area contributed by atoms with Crippen LogP contribution in [0.2, 0.25) is 0 Å². The third kappa shape index (κ3) is 3.54. The molecule has 2 N–H and O–H groups in total. The Kier molecular flexibility index (Phi) is 4.83. The van der Waals surface area contributed by atoms with Crippen LogP contribution in [0.25, 0.3) is 0 Å². The quantitative estimate of drug-likeness (QED) is 0.647. The fourth-order valence-corrected chi connectivity index (χ4v) is 2.16. The van der Waals surface area contributed by atoms with E-state index in [2.05, 4.69) is 4.74 Å². The van der Waals surface area contributed by atoms with Crippen LogP contribution in [-0.2, 0) is 9.53 Å². The molecule has 1 aromatic carbocycles. The van der Waals surface area contributed by atoms with Gasteiger partial charge in [-0.25, -0.2) is 0 Å². The molecule has 1 rings (SSSR count). The minimum atomic E-state index is -0.207. The summed E-state index contributed by atoms with van der Waals surface area (Å²) in [7, 11) is 1.40. The Hall–Kier alpha value is -1.00. The number of rotatable bonds is 4. The van der Waals surface area contributed by atoms with Crippen molar-refractivity contribution in [2.24, 2.45) is 5.73 Å². The molecule has 0 saturated carbocycles. The summed E-state index contributed by atoms with van der Waals surface area (Å²) >= 11 is 1.48. The lowest BCUT2D eigenvalue weighted by Crippen LogP contribution is -2.14. The summed E-state index contributed by atoms with van der Waals surface area (Å²) < 4.78 is 4.67. The van der Waals surface area contributed by atoms with Crippen molar-refractivity contribution in [2.75, 3.05) is 7.11 Å². The molecule has 2 atom stereocenters. The van der Waals surface area contributed by atoms with Crippen LogP contribution in [0.3, 0.4) is 0 Å². The minimum absolute atomic E-state index is 0.0390. The predicted molar refractivity (Wildman–Crippen MR) is 66.4 cm³/mol. The van der Waals surface area contributed by atoms with Gasteiger partial charge in [0.2, 0.25) is 0 Å². The van der Waals surface area contributed by atoms with Crippen LogP contribution in [0.4, 0.5) is 0 Å². The molecule has 0 aliphatic rings. The Bertz CT molecular complexity index is 349. The van der Waals surface area contributed by atoms with Crippen molar-refractivity contribution in [3.63, 3.8) is 0 Å². The lowest BCUT2D eigenvalue weighted by Gasteiger charge is -2.10. The second-order valence-corrected chi connectivity index (χ2v) is 5.06. The van der Waals surface area contributed by atoms with Gasteiger partial charge in [-0.2, -0.15) is 0 Å². The van der Waals surface area contributed by atoms with Crippen LogP contribution in [0.1, 0.15) is 25.5 Å². The highest BCUT2D eigenvalue weighted by atomic mass is 32.2. The smallest absolute Gasteiger partial charge is 0.318 e. The SMILES string of the molecule is COC(=O)C(C)Sc1ccc(C(C)N)cc1. The lowest BCUT2D eigenvalue weighted by atomic mass is 10.1. The van der Waals surface area contributed by atoms with E-state index >= 15 is 0 Å². The number of thioether (sulfide) groups is 1. The van der Waals surface area contributed by atoms with Gasteiger partial charge in [-0.15, -0.1) is 11.8 Å². The molecule has 0 aromatic heterocycles. The Morgan fingerprint density at radius 2 is 1.88 bits per heavy atom. The highest BCUT2D eigenvalue weighted by Crippen LogP contribution is 2.25. The van der Waals surface area contributed by atoms with Crippen LogP contribution < -0.4 is 5.73 Å². The zero-order valence-electron chi connectivity index (χ0n) is 9.77. The van der Waals surface area contributed by atoms with E-state index in [9.17, 15) is 4.79 Å². The molecular weight excluding hydrogens is 222 g/mol. The molecule has 1 aromatic rings. The third-order valence-corrected chi connectivity index (χ3v) is 3.34. The van der Waals surface area contributed by atoms with E-state index in [4.69, 9.17) is 5.73 Å². The maximum Gasteiger partial charge on any atom is 0.318 e. The highest BCUT2D eigenvalue weighted by molar-refractivity contribution is 8.00. The molecule has 3 nitrogen and oxygen atoms in total. The van der Waals surface area contributed by atoms with Crippen molar-refractivity contribution in [2.45, 2.75) is 30.0 Å². The number of nitrogens with two attached hydrogens (primary N) is 1. The minimum Gasteiger partial charge on any atom is -0.468 e. The van der Waals surface area contributed by atoms with Gasteiger partial charge in [0.1, 0.15) is 5.25 Å². The molecule has 88 valence electrons. The van der Waals surface area contributed by atoms with E-state index in [0.717, 1.165) is 10.5 Å². The molecule has 0 aliphatic carbocycles.